The van der Waals surface area contributed by atoms with Crippen LogP contribution in [0.5, 0.6) is 5.75 Å². The molecule has 5 nitrogen and oxygen atoms in total. The Kier molecular flexibility index (Phi) is 10.6. The first-order valence-electron chi connectivity index (χ1n) is 8.54. The lowest BCUT2D eigenvalue weighted by Gasteiger charge is -2.12. The number of nitrogens with zero attached hydrogens (tertiary/aromatic N) is 2. The van der Waals surface area contributed by atoms with Crippen LogP contribution >= 0.6 is 35.3 Å². The molecule has 10 heteroatoms. The first-order chi connectivity index (χ1) is 12.9. The van der Waals surface area contributed by atoms with E-state index in [1.165, 1.54) is 5.56 Å². The molecule has 1 aromatic carbocycles. The second-order valence-corrected chi connectivity index (χ2v) is 6.76. The van der Waals surface area contributed by atoms with E-state index in [2.05, 4.69) is 20.6 Å². The summed E-state index contributed by atoms with van der Waals surface area (Å²) in [6, 6.07) is 7.87. The molecule has 0 radical (unpaired) electrons. The summed E-state index contributed by atoms with van der Waals surface area (Å²) in [5, 5.41) is 7.69. The van der Waals surface area contributed by atoms with Gasteiger partial charge in [0, 0.05) is 31.9 Å². The van der Waals surface area contributed by atoms with E-state index in [1.54, 1.807) is 7.05 Å². The zero-order chi connectivity index (χ0) is 19.7. The maximum absolute atomic E-state index is 12.5. The van der Waals surface area contributed by atoms with Gasteiger partial charge in [-0.25, -0.2) is 4.98 Å². The molecule has 0 saturated carbocycles. The normalized spacial score (nSPS) is 11.7. The third-order valence-corrected chi connectivity index (χ3v) is 4.51. The average Bonchev–Trinajstić information content (AvgIpc) is 3.11. The van der Waals surface area contributed by atoms with E-state index in [9.17, 15) is 13.2 Å². The molecule has 156 valence electrons. The van der Waals surface area contributed by atoms with Gasteiger partial charge in [-0.05, 0) is 25.5 Å². The lowest BCUT2D eigenvalue weighted by Crippen LogP contribution is -2.39. The molecule has 2 rings (SSSR count). The fraction of sp³-hybridized carbons (Fsp3) is 0.444. The Bertz CT molecular complexity index is 735. The molecule has 0 aliphatic rings. The number of hydrogen-bond acceptors (Lipinski definition) is 4. The van der Waals surface area contributed by atoms with Crippen molar-refractivity contribution >= 4 is 41.3 Å². The summed E-state index contributed by atoms with van der Waals surface area (Å²) in [4.78, 5) is 7.69. The number of ether oxygens (including phenoxy) is 1. The molecule has 2 aromatic rings. The summed E-state index contributed by atoms with van der Waals surface area (Å²) in [5.74, 6) is 1.43. The lowest BCUT2D eigenvalue weighted by molar-refractivity contribution is -0.140. The summed E-state index contributed by atoms with van der Waals surface area (Å²) in [7, 11) is 1.64. The summed E-state index contributed by atoms with van der Waals surface area (Å²) in [5.41, 5.74) is 0.352. The quantitative estimate of drug-likeness (QED) is 0.233. The van der Waals surface area contributed by atoms with Gasteiger partial charge in [0.2, 0.25) is 0 Å². The van der Waals surface area contributed by atoms with Crippen LogP contribution in [0.3, 0.4) is 0 Å². The molecule has 2 N–H and O–H groups in total. The second kappa shape index (κ2) is 12.1. The van der Waals surface area contributed by atoms with E-state index in [0.29, 0.717) is 37.1 Å². The Hall–Kier alpha value is -1.56. The number of hydrogen-bond donors (Lipinski definition) is 2. The number of halogens is 4. The van der Waals surface area contributed by atoms with Crippen molar-refractivity contribution in [2.75, 3.05) is 26.7 Å². The highest BCUT2D eigenvalue weighted by molar-refractivity contribution is 14.0. The smallest absolute Gasteiger partial charge is 0.434 e. The van der Waals surface area contributed by atoms with Gasteiger partial charge in [0.25, 0.3) is 0 Å². The lowest BCUT2D eigenvalue weighted by atomic mass is 10.2. The standard InChI is InChI=1S/C18H23F3N4OS.HI/c1-13-4-6-14(7-5-13)26-11-3-9-23-17(22-2)24-10-8-16-25-15(12-27-16)18(19,20)21;/h4-7,12H,3,8-11H2,1-2H3,(H2,22,23,24);1H. The largest absolute Gasteiger partial charge is 0.494 e. The molecular weight excluding hydrogens is 504 g/mol. The molecule has 28 heavy (non-hydrogen) atoms. The fourth-order valence-corrected chi connectivity index (χ4v) is 2.97. The van der Waals surface area contributed by atoms with Gasteiger partial charge in [-0.2, -0.15) is 13.2 Å². The maximum Gasteiger partial charge on any atom is 0.434 e. The Balaban J connectivity index is 0.00000392. The molecule has 0 aliphatic carbocycles. The van der Waals surface area contributed by atoms with E-state index in [1.807, 2.05) is 31.2 Å². The van der Waals surface area contributed by atoms with E-state index in [4.69, 9.17) is 4.74 Å². The topological polar surface area (TPSA) is 58.5 Å². The SMILES string of the molecule is CN=C(NCCCOc1ccc(C)cc1)NCCc1nc(C(F)(F)F)cs1.I. The van der Waals surface area contributed by atoms with Crippen molar-refractivity contribution in [2.24, 2.45) is 4.99 Å². The van der Waals surface area contributed by atoms with Crippen molar-refractivity contribution in [3.63, 3.8) is 0 Å². The highest BCUT2D eigenvalue weighted by Crippen LogP contribution is 2.29. The summed E-state index contributed by atoms with van der Waals surface area (Å²) >= 11 is 1.01. The highest BCUT2D eigenvalue weighted by atomic mass is 127. The molecule has 0 saturated heterocycles. The molecule has 0 aliphatic heterocycles. The van der Waals surface area contributed by atoms with Gasteiger partial charge in [-0.1, -0.05) is 17.7 Å². The van der Waals surface area contributed by atoms with E-state index in [-0.39, 0.29) is 24.0 Å². The zero-order valence-electron chi connectivity index (χ0n) is 15.7. The van der Waals surface area contributed by atoms with Gasteiger partial charge in [0.05, 0.1) is 11.6 Å². The number of rotatable bonds is 8. The number of aliphatic imine (C=N–C) groups is 1. The van der Waals surface area contributed by atoms with Gasteiger partial charge < -0.3 is 15.4 Å². The Morgan fingerprint density at radius 1 is 1.18 bits per heavy atom. The third-order valence-electron chi connectivity index (χ3n) is 3.60. The molecule has 0 fully saturated rings. The minimum absolute atomic E-state index is 0. The van der Waals surface area contributed by atoms with Crippen LogP contribution in [0.15, 0.2) is 34.6 Å². The monoisotopic (exact) mass is 528 g/mol. The molecule has 0 amide bonds. The van der Waals surface area contributed by atoms with Gasteiger partial charge >= 0.3 is 6.18 Å². The number of alkyl halides is 3. The number of nitrogens with one attached hydrogen (secondary N) is 2. The molecule has 1 heterocycles. The maximum atomic E-state index is 12.5. The van der Waals surface area contributed by atoms with E-state index < -0.39 is 11.9 Å². The molecule has 1 aromatic heterocycles. The van der Waals surface area contributed by atoms with Crippen LogP contribution < -0.4 is 15.4 Å². The van der Waals surface area contributed by atoms with Crippen LogP contribution in [-0.4, -0.2) is 37.7 Å². The van der Waals surface area contributed by atoms with Crippen LogP contribution in [0.25, 0.3) is 0 Å². The number of aromatic nitrogens is 1. The van der Waals surface area contributed by atoms with Crippen molar-refractivity contribution in [1.29, 1.82) is 0 Å². The average molecular weight is 528 g/mol. The zero-order valence-corrected chi connectivity index (χ0v) is 18.8. The molecule has 0 atom stereocenters. The minimum atomic E-state index is -4.39. The molecule has 0 unspecified atom stereocenters. The fourth-order valence-electron chi connectivity index (χ4n) is 2.17. The summed E-state index contributed by atoms with van der Waals surface area (Å²) in [6.07, 6.45) is -3.20. The Labute approximate surface area is 183 Å². The number of aryl methyl sites for hydroxylation is 1. The van der Waals surface area contributed by atoms with Gasteiger partial charge in [-0.3, -0.25) is 4.99 Å². The molecular formula is C18H24F3IN4OS. The summed E-state index contributed by atoms with van der Waals surface area (Å²) < 4.78 is 43.2. The first kappa shape index (κ1) is 24.5. The van der Waals surface area contributed by atoms with Gasteiger partial charge in [0.1, 0.15) is 5.75 Å². The Morgan fingerprint density at radius 3 is 2.46 bits per heavy atom. The van der Waals surface area contributed by atoms with E-state index >= 15 is 0 Å². The first-order valence-corrected chi connectivity index (χ1v) is 9.42. The van der Waals surface area contributed by atoms with Crippen molar-refractivity contribution in [3.05, 3.63) is 45.9 Å². The summed E-state index contributed by atoms with van der Waals surface area (Å²) in [6.45, 7) is 3.72. The second-order valence-electron chi connectivity index (χ2n) is 5.82. The van der Waals surface area contributed by atoms with Crippen molar-refractivity contribution in [1.82, 2.24) is 15.6 Å². The number of guanidine groups is 1. The van der Waals surface area contributed by atoms with Crippen LogP contribution in [0.1, 0.15) is 22.7 Å². The van der Waals surface area contributed by atoms with Gasteiger partial charge in [-0.15, -0.1) is 35.3 Å². The Morgan fingerprint density at radius 2 is 1.86 bits per heavy atom. The molecule has 0 spiro atoms. The van der Waals surface area contributed by atoms with Gasteiger partial charge in [0.15, 0.2) is 11.7 Å². The van der Waals surface area contributed by atoms with Crippen LogP contribution in [0.2, 0.25) is 0 Å². The predicted octanol–water partition coefficient (Wildman–Crippen LogP) is 4.26. The van der Waals surface area contributed by atoms with Crippen LogP contribution in [-0.2, 0) is 12.6 Å². The van der Waals surface area contributed by atoms with Crippen LogP contribution in [0, 0.1) is 6.92 Å². The minimum Gasteiger partial charge on any atom is -0.494 e. The van der Waals surface area contributed by atoms with Crippen molar-refractivity contribution in [3.8, 4) is 5.75 Å². The van der Waals surface area contributed by atoms with Crippen molar-refractivity contribution in [2.45, 2.75) is 25.9 Å². The van der Waals surface area contributed by atoms with E-state index in [0.717, 1.165) is 28.9 Å². The highest BCUT2D eigenvalue weighted by Gasteiger charge is 2.33. The van der Waals surface area contributed by atoms with Crippen LogP contribution in [0.4, 0.5) is 13.2 Å². The third kappa shape index (κ3) is 8.63. The predicted molar refractivity (Wildman–Crippen MR) is 117 cm³/mol. The number of benzene rings is 1. The number of thiazole rings is 1. The van der Waals surface area contributed by atoms with Crippen molar-refractivity contribution < 1.29 is 17.9 Å². The molecule has 0 bridgehead atoms.